The van der Waals surface area contributed by atoms with E-state index in [0.717, 1.165) is 25.9 Å². The summed E-state index contributed by atoms with van der Waals surface area (Å²) in [6.07, 6.45) is 7.34. The van der Waals surface area contributed by atoms with Crippen molar-refractivity contribution in [2.24, 2.45) is 11.8 Å². The predicted octanol–water partition coefficient (Wildman–Crippen LogP) is 3.74. The van der Waals surface area contributed by atoms with Gasteiger partial charge in [-0.25, -0.2) is 4.79 Å². The van der Waals surface area contributed by atoms with Gasteiger partial charge in [-0.1, -0.05) is 45.1 Å². The van der Waals surface area contributed by atoms with Crippen LogP contribution in [0.1, 0.15) is 86.5 Å². The number of piperidine rings is 1. The molecule has 0 aliphatic carbocycles. The van der Waals surface area contributed by atoms with Crippen LogP contribution in [0.3, 0.4) is 0 Å². The molecule has 3 heterocycles. The highest BCUT2D eigenvalue weighted by atomic mass is 16.6. The Balaban J connectivity index is 1.75. The van der Waals surface area contributed by atoms with Gasteiger partial charge in [0.25, 0.3) is 0 Å². The largest absolute Gasteiger partial charge is 0.457 e. The summed E-state index contributed by atoms with van der Waals surface area (Å²) in [5, 5.41) is 43.2. The highest BCUT2D eigenvalue weighted by Crippen LogP contribution is 2.37. The van der Waals surface area contributed by atoms with Crippen LogP contribution in [0.15, 0.2) is 36.0 Å². The maximum atomic E-state index is 13.3. The lowest BCUT2D eigenvalue weighted by atomic mass is 9.88. The van der Waals surface area contributed by atoms with Crippen molar-refractivity contribution < 1.29 is 44.2 Å². The minimum Gasteiger partial charge on any atom is -0.457 e. The van der Waals surface area contributed by atoms with Crippen LogP contribution in [0.2, 0.25) is 0 Å². The van der Waals surface area contributed by atoms with Crippen LogP contribution in [0.4, 0.5) is 4.79 Å². The molecule has 47 heavy (non-hydrogen) atoms. The summed E-state index contributed by atoms with van der Waals surface area (Å²) in [5.74, 6) is -0.950. The monoisotopic (exact) mass is 664 g/mol. The average molecular weight is 665 g/mol. The summed E-state index contributed by atoms with van der Waals surface area (Å²) in [7, 11) is 3.78. The van der Waals surface area contributed by atoms with E-state index >= 15 is 0 Å². The number of nitrogens with zero attached hydrogens (tertiary/aromatic N) is 2. The quantitative estimate of drug-likeness (QED) is 0.118. The minimum atomic E-state index is -1.49. The number of ether oxygens (including phenoxy) is 3. The Kier molecular flexibility index (Phi) is 14.1. The van der Waals surface area contributed by atoms with Crippen molar-refractivity contribution in [2.45, 2.75) is 140 Å². The Morgan fingerprint density at radius 2 is 1.94 bits per heavy atom. The molecule has 11 nitrogen and oxygen atoms in total. The number of carbonyl (C=O) groups excluding carboxylic acids is 2. The van der Waals surface area contributed by atoms with Crippen molar-refractivity contribution >= 4 is 12.1 Å². The molecule has 0 bridgehead atoms. The van der Waals surface area contributed by atoms with E-state index in [1.54, 1.807) is 56.2 Å². The molecule has 3 aliphatic heterocycles. The number of epoxide rings is 1. The van der Waals surface area contributed by atoms with E-state index in [1.807, 2.05) is 27.7 Å². The van der Waals surface area contributed by atoms with Gasteiger partial charge in [0.15, 0.2) is 6.10 Å². The Morgan fingerprint density at radius 3 is 2.57 bits per heavy atom. The fourth-order valence-electron chi connectivity index (χ4n) is 6.53. The highest BCUT2D eigenvalue weighted by molar-refractivity contribution is 5.70. The first kappa shape index (κ1) is 39.2. The molecule has 0 aromatic carbocycles. The number of carbonyl (C=O) groups is 2. The van der Waals surface area contributed by atoms with Gasteiger partial charge in [-0.15, -0.1) is 0 Å². The number of esters is 1. The van der Waals surface area contributed by atoms with E-state index in [2.05, 4.69) is 11.9 Å². The highest BCUT2D eigenvalue weighted by Gasteiger charge is 2.47. The Hall–Kier alpha value is -2.28. The lowest BCUT2D eigenvalue weighted by Gasteiger charge is -2.37. The van der Waals surface area contributed by atoms with Gasteiger partial charge in [-0.3, -0.25) is 4.79 Å². The van der Waals surface area contributed by atoms with Gasteiger partial charge in [0.2, 0.25) is 0 Å². The second-order valence-corrected chi connectivity index (χ2v) is 14.7. The van der Waals surface area contributed by atoms with E-state index in [1.165, 1.54) is 0 Å². The first-order chi connectivity index (χ1) is 21.9. The van der Waals surface area contributed by atoms with Gasteiger partial charge in [-0.2, -0.15) is 0 Å². The van der Waals surface area contributed by atoms with E-state index in [0.29, 0.717) is 18.4 Å². The summed E-state index contributed by atoms with van der Waals surface area (Å²) < 4.78 is 17.5. The molecule has 0 spiro atoms. The van der Waals surface area contributed by atoms with Crippen molar-refractivity contribution in [3.05, 3.63) is 36.0 Å². The molecule has 0 aromatic heterocycles. The number of amides is 1. The van der Waals surface area contributed by atoms with Gasteiger partial charge >= 0.3 is 12.1 Å². The summed E-state index contributed by atoms with van der Waals surface area (Å²) in [5.41, 5.74) is -1.94. The first-order valence-electron chi connectivity index (χ1n) is 17.3. The average Bonchev–Trinajstić information content (AvgIpc) is 3.77. The summed E-state index contributed by atoms with van der Waals surface area (Å²) in [6.45, 7) is 12.6. The number of likely N-dealkylation sites (tertiary alicyclic amines) is 1. The zero-order valence-electron chi connectivity index (χ0n) is 29.7. The van der Waals surface area contributed by atoms with Crippen molar-refractivity contribution in [3.8, 4) is 0 Å². The maximum Gasteiger partial charge on any atom is 0.410 e. The molecular weight excluding hydrogens is 604 g/mol. The standard InChI is InChI=1S/C36H60N2O9/c1-9-28(40)25(4)33-29(45-33)22-35(5,43)17-10-11-23(2)32-24(3)12-13-30(36(6,44)18-14-27(39)21-31(41)47-32)46-34(42)38(8)26-15-19-37(7)20-16-26/h10-13,17,24-30,32-33,39-40,43-44H,9,14-16,18-22H2,1-8H3/b13-12-,17-10+,23-11+. The number of allylic oxidation sites excluding steroid dienone is 2. The molecule has 3 aliphatic rings. The number of cyclic esters (lactones) is 1. The number of rotatable bonds is 10. The molecule has 11 heteroatoms. The molecule has 0 saturated carbocycles. The number of aliphatic hydroxyl groups is 4. The fourth-order valence-corrected chi connectivity index (χ4v) is 6.53. The van der Waals surface area contributed by atoms with Crippen LogP contribution in [-0.2, 0) is 19.0 Å². The van der Waals surface area contributed by atoms with Crippen molar-refractivity contribution in [3.63, 3.8) is 0 Å². The van der Waals surface area contributed by atoms with Gasteiger partial charge < -0.3 is 44.4 Å². The number of hydrogen-bond acceptors (Lipinski definition) is 10. The van der Waals surface area contributed by atoms with Crippen LogP contribution < -0.4 is 0 Å². The van der Waals surface area contributed by atoms with E-state index < -0.39 is 47.7 Å². The molecular formula is C36H60N2O9. The molecule has 4 N–H and O–H groups in total. The molecule has 0 radical (unpaired) electrons. The van der Waals surface area contributed by atoms with Gasteiger partial charge in [0.05, 0.1) is 36.4 Å². The van der Waals surface area contributed by atoms with Gasteiger partial charge in [0, 0.05) is 31.3 Å². The third kappa shape index (κ3) is 11.7. The van der Waals surface area contributed by atoms with Crippen LogP contribution >= 0.6 is 0 Å². The fraction of sp³-hybridized carbons (Fsp3) is 0.778. The Bertz CT molecular complexity index is 1130. The molecule has 3 rings (SSSR count). The molecule has 2 fully saturated rings. The SMILES string of the molecule is CCC(O)C(C)C1OC1CC(C)(O)/C=C/C=C(\C)C1OC(=O)CC(O)CCC(C)(O)C(OC(=O)N(C)C2CCN(C)CC2)/C=C\C1C. The smallest absolute Gasteiger partial charge is 0.410 e. The lowest BCUT2D eigenvalue weighted by Crippen LogP contribution is -2.48. The normalized spacial score (nSPS) is 35.1. The third-order valence-corrected chi connectivity index (χ3v) is 10.1. The van der Waals surface area contributed by atoms with Crippen LogP contribution in [0.25, 0.3) is 0 Å². The molecule has 268 valence electrons. The Labute approximate surface area is 281 Å². The van der Waals surface area contributed by atoms with E-state index in [9.17, 15) is 30.0 Å². The predicted molar refractivity (Wildman–Crippen MR) is 179 cm³/mol. The van der Waals surface area contributed by atoms with Crippen molar-refractivity contribution in [1.82, 2.24) is 9.80 Å². The zero-order chi connectivity index (χ0) is 35.1. The molecule has 10 unspecified atom stereocenters. The molecule has 10 atom stereocenters. The van der Waals surface area contributed by atoms with Gasteiger partial charge in [-0.05, 0) is 84.7 Å². The van der Waals surface area contributed by atoms with Crippen molar-refractivity contribution in [1.29, 1.82) is 0 Å². The topological polar surface area (TPSA) is 153 Å². The summed E-state index contributed by atoms with van der Waals surface area (Å²) >= 11 is 0. The van der Waals surface area contributed by atoms with Crippen LogP contribution in [-0.4, -0.2) is 123 Å². The molecule has 1 amide bonds. The second-order valence-electron chi connectivity index (χ2n) is 14.7. The lowest BCUT2D eigenvalue weighted by molar-refractivity contribution is -0.151. The number of aliphatic hydroxyl groups excluding tert-OH is 2. The Morgan fingerprint density at radius 1 is 1.28 bits per heavy atom. The molecule has 2 saturated heterocycles. The third-order valence-electron chi connectivity index (χ3n) is 10.1. The van der Waals surface area contributed by atoms with Crippen LogP contribution in [0, 0.1) is 11.8 Å². The van der Waals surface area contributed by atoms with Crippen LogP contribution in [0.5, 0.6) is 0 Å². The minimum absolute atomic E-state index is 0.0114. The first-order valence-corrected chi connectivity index (χ1v) is 17.3. The molecule has 0 aromatic rings. The zero-order valence-corrected chi connectivity index (χ0v) is 29.7. The van der Waals surface area contributed by atoms with Crippen molar-refractivity contribution in [2.75, 3.05) is 27.2 Å². The van der Waals surface area contributed by atoms with E-state index in [4.69, 9.17) is 14.2 Å². The number of hydrogen-bond donors (Lipinski definition) is 4. The maximum absolute atomic E-state index is 13.3. The van der Waals surface area contributed by atoms with Gasteiger partial charge in [0.1, 0.15) is 11.7 Å². The summed E-state index contributed by atoms with van der Waals surface area (Å²) in [6, 6.07) is 0.0424. The summed E-state index contributed by atoms with van der Waals surface area (Å²) in [4.78, 5) is 29.9. The van der Waals surface area contributed by atoms with E-state index in [-0.39, 0.29) is 49.3 Å². The second kappa shape index (κ2) is 16.9.